The number of ether oxygens (including phenoxy) is 1. The van der Waals surface area contributed by atoms with E-state index in [0.29, 0.717) is 11.3 Å². The Morgan fingerprint density at radius 1 is 1.14 bits per heavy atom. The molecule has 0 unspecified atom stereocenters. The largest absolute Gasteiger partial charge is 0.478 e. The summed E-state index contributed by atoms with van der Waals surface area (Å²) in [5.74, 6) is 0.744. The van der Waals surface area contributed by atoms with Gasteiger partial charge in [-0.1, -0.05) is 18.2 Å². The molecule has 21 heavy (non-hydrogen) atoms. The first-order valence-electron chi connectivity index (χ1n) is 6.69. The van der Waals surface area contributed by atoms with Crippen molar-refractivity contribution in [3.8, 4) is 0 Å². The Hall–Kier alpha value is -1.52. The third-order valence-electron chi connectivity index (χ3n) is 3.48. The van der Waals surface area contributed by atoms with Crippen LogP contribution < -0.4 is 0 Å². The molecule has 1 aromatic carbocycles. The molecule has 108 valence electrons. The van der Waals surface area contributed by atoms with Crippen LogP contribution in [0, 0.1) is 0 Å². The Balaban J connectivity index is 2.13. The Morgan fingerprint density at radius 2 is 1.86 bits per heavy atom. The van der Waals surface area contributed by atoms with Gasteiger partial charge < -0.3 is 4.74 Å². The van der Waals surface area contributed by atoms with Crippen LogP contribution in [0.4, 0.5) is 0 Å². The molecule has 0 aliphatic carbocycles. The number of thiophene rings is 1. The van der Waals surface area contributed by atoms with Gasteiger partial charge in [-0.2, -0.15) is 0 Å². The van der Waals surface area contributed by atoms with E-state index in [9.17, 15) is 4.79 Å². The van der Waals surface area contributed by atoms with Gasteiger partial charge in [0.2, 0.25) is 5.78 Å². The zero-order chi connectivity index (χ0) is 15.0. The van der Waals surface area contributed by atoms with Crippen molar-refractivity contribution in [1.82, 2.24) is 0 Å². The van der Waals surface area contributed by atoms with Crippen LogP contribution in [0.2, 0.25) is 0 Å². The maximum Gasteiger partial charge on any atom is 0.210 e. The zero-order valence-electron chi connectivity index (χ0n) is 12.2. The van der Waals surface area contributed by atoms with E-state index >= 15 is 0 Å². The molecule has 0 bridgehead atoms. The number of ketones is 1. The van der Waals surface area contributed by atoms with Gasteiger partial charge in [-0.15, -0.1) is 23.1 Å². The van der Waals surface area contributed by atoms with Gasteiger partial charge in [0, 0.05) is 15.3 Å². The maximum absolute atomic E-state index is 12.7. The highest BCUT2D eigenvalue weighted by atomic mass is 32.2. The predicted octanol–water partition coefficient (Wildman–Crippen LogP) is 4.72. The monoisotopic (exact) mass is 316 g/mol. The summed E-state index contributed by atoms with van der Waals surface area (Å²) in [5, 5.41) is 1.98. The summed E-state index contributed by atoms with van der Waals surface area (Å²) in [4.78, 5) is 14.8. The van der Waals surface area contributed by atoms with Gasteiger partial charge in [0.15, 0.2) is 5.60 Å². The Bertz CT molecular complexity index is 695. The smallest absolute Gasteiger partial charge is 0.210 e. The van der Waals surface area contributed by atoms with Crippen LogP contribution in [0.5, 0.6) is 0 Å². The molecule has 0 atom stereocenters. The number of thioether (sulfide) groups is 1. The van der Waals surface area contributed by atoms with Crippen molar-refractivity contribution < 1.29 is 9.53 Å². The van der Waals surface area contributed by atoms with E-state index in [-0.39, 0.29) is 5.78 Å². The van der Waals surface area contributed by atoms with Crippen molar-refractivity contribution in [2.75, 3.05) is 6.26 Å². The molecule has 0 saturated heterocycles. The van der Waals surface area contributed by atoms with Crippen LogP contribution in [-0.2, 0) is 9.53 Å². The maximum atomic E-state index is 12.7. The van der Waals surface area contributed by atoms with Gasteiger partial charge >= 0.3 is 0 Å². The lowest BCUT2D eigenvalue weighted by Gasteiger charge is -2.17. The van der Waals surface area contributed by atoms with E-state index in [1.807, 2.05) is 49.7 Å². The quantitative estimate of drug-likeness (QED) is 0.767. The minimum Gasteiger partial charge on any atom is -0.478 e. The Kier molecular flexibility index (Phi) is 3.68. The summed E-state index contributed by atoms with van der Waals surface area (Å²) in [6.45, 7) is 3.65. The highest BCUT2D eigenvalue weighted by Crippen LogP contribution is 2.42. The summed E-state index contributed by atoms with van der Waals surface area (Å²) in [7, 11) is 0. The third kappa shape index (κ3) is 2.54. The summed E-state index contributed by atoms with van der Waals surface area (Å²) in [6.07, 6.45) is 2.05. The molecule has 0 spiro atoms. The molecule has 1 aliphatic heterocycles. The average molecular weight is 316 g/mol. The van der Waals surface area contributed by atoms with Gasteiger partial charge in [0.1, 0.15) is 5.76 Å². The summed E-state index contributed by atoms with van der Waals surface area (Å²) in [5.41, 5.74) is 0.856. The van der Waals surface area contributed by atoms with Gasteiger partial charge in [0.25, 0.3) is 0 Å². The lowest BCUT2D eigenvalue weighted by molar-refractivity contribution is -0.125. The Labute approximate surface area is 132 Å². The second kappa shape index (κ2) is 5.35. The molecule has 1 aromatic heterocycles. The number of carbonyl (C=O) groups excluding carboxylic acids is 1. The van der Waals surface area contributed by atoms with Crippen molar-refractivity contribution in [2.45, 2.75) is 24.3 Å². The fourth-order valence-electron chi connectivity index (χ4n) is 2.35. The molecular formula is C17H16O2S2. The highest BCUT2D eigenvalue weighted by Gasteiger charge is 2.43. The molecule has 2 aromatic rings. The summed E-state index contributed by atoms with van der Waals surface area (Å²) < 4.78 is 5.99. The van der Waals surface area contributed by atoms with Crippen molar-refractivity contribution in [2.24, 2.45) is 0 Å². The van der Waals surface area contributed by atoms with Crippen molar-refractivity contribution in [3.05, 3.63) is 52.2 Å². The molecule has 0 amide bonds. The van der Waals surface area contributed by atoms with Crippen LogP contribution in [0.25, 0.3) is 11.3 Å². The molecule has 3 rings (SSSR count). The van der Waals surface area contributed by atoms with Crippen LogP contribution in [0.1, 0.15) is 24.3 Å². The van der Waals surface area contributed by atoms with Crippen molar-refractivity contribution in [3.63, 3.8) is 0 Å². The molecule has 0 radical (unpaired) electrons. The van der Waals surface area contributed by atoms with E-state index in [2.05, 4.69) is 12.1 Å². The van der Waals surface area contributed by atoms with E-state index in [1.54, 1.807) is 23.1 Å². The van der Waals surface area contributed by atoms with E-state index in [1.165, 1.54) is 4.90 Å². The molecule has 2 heterocycles. The predicted molar refractivity (Wildman–Crippen MR) is 89.5 cm³/mol. The number of hydrogen-bond donors (Lipinski definition) is 0. The van der Waals surface area contributed by atoms with Gasteiger partial charge in [-0.3, -0.25) is 4.79 Å². The summed E-state index contributed by atoms with van der Waals surface area (Å²) in [6, 6.07) is 12.1. The molecule has 0 fully saturated rings. The first-order chi connectivity index (χ1) is 10.0. The number of benzene rings is 1. The van der Waals surface area contributed by atoms with E-state index in [0.717, 1.165) is 10.4 Å². The molecular weight excluding hydrogens is 300 g/mol. The average Bonchev–Trinajstić information content (AvgIpc) is 3.07. The summed E-state index contributed by atoms with van der Waals surface area (Å²) >= 11 is 3.27. The van der Waals surface area contributed by atoms with Crippen molar-refractivity contribution >= 4 is 40.2 Å². The fourth-order valence-corrected chi connectivity index (χ4v) is 3.52. The lowest BCUT2D eigenvalue weighted by atomic mass is 9.97. The lowest BCUT2D eigenvalue weighted by Crippen LogP contribution is -2.29. The third-order valence-corrected chi connectivity index (χ3v) is 5.11. The van der Waals surface area contributed by atoms with Gasteiger partial charge in [-0.25, -0.2) is 0 Å². The second-order valence-electron chi connectivity index (χ2n) is 5.35. The van der Waals surface area contributed by atoms with E-state index in [4.69, 9.17) is 4.74 Å². The number of Topliss-reactive ketones (excluding diaryl/α,β-unsaturated/α-hetero) is 1. The standard InChI is InChI=1S/C17H16O2S2/c1-17(2)16(18)14(13-5-4-10-21-13)15(19-17)11-6-8-12(20-3)9-7-11/h4-10H,1-3H3. The molecule has 0 N–H and O–H groups in total. The van der Waals surface area contributed by atoms with Crippen LogP contribution in [0.15, 0.2) is 46.7 Å². The molecule has 2 nitrogen and oxygen atoms in total. The number of rotatable bonds is 3. The first-order valence-corrected chi connectivity index (χ1v) is 8.80. The van der Waals surface area contributed by atoms with E-state index < -0.39 is 5.60 Å². The minimum atomic E-state index is -0.799. The SMILES string of the molecule is CSc1ccc(C2=C(c3cccs3)C(=O)C(C)(C)O2)cc1. The van der Waals surface area contributed by atoms with Gasteiger partial charge in [-0.05, 0) is 43.7 Å². The van der Waals surface area contributed by atoms with Crippen LogP contribution >= 0.6 is 23.1 Å². The Morgan fingerprint density at radius 3 is 2.43 bits per heavy atom. The highest BCUT2D eigenvalue weighted by molar-refractivity contribution is 7.98. The molecule has 1 aliphatic rings. The molecule has 4 heteroatoms. The normalized spacial score (nSPS) is 17.2. The fraction of sp³-hybridized carbons (Fsp3) is 0.235. The first kappa shape index (κ1) is 14.4. The zero-order valence-corrected chi connectivity index (χ0v) is 13.8. The minimum absolute atomic E-state index is 0.0499. The molecule has 0 saturated carbocycles. The second-order valence-corrected chi connectivity index (χ2v) is 7.18. The van der Waals surface area contributed by atoms with Crippen molar-refractivity contribution in [1.29, 1.82) is 0 Å². The topological polar surface area (TPSA) is 26.3 Å². The number of carbonyl (C=O) groups is 1. The van der Waals surface area contributed by atoms with Crippen LogP contribution in [-0.4, -0.2) is 17.6 Å². The number of hydrogen-bond acceptors (Lipinski definition) is 4. The van der Waals surface area contributed by atoms with Crippen LogP contribution in [0.3, 0.4) is 0 Å². The van der Waals surface area contributed by atoms with Gasteiger partial charge in [0.05, 0.1) is 5.57 Å².